The number of rotatable bonds is 4. The Labute approximate surface area is 85.5 Å². The van der Waals surface area contributed by atoms with Gasteiger partial charge in [0.2, 0.25) is 0 Å². The van der Waals surface area contributed by atoms with Gasteiger partial charge in [-0.1, -0.05) is 0 Å². The summed E-state index contributed by atoms with van der Waals surface area (Å²) in [6.07, 6.45) is 1.91. The fourth-order valence-corrected chi connectivity index (χ4v) is 1.53. The lowest BCUT2D eigenvalue weighted by molar-refractivity contribution is 0.483. The monoisotopic (exact) mass is 196 g/mol. The topological polar surface area (TPSA) is 55.9 Å². The molecule has 0 aliphatic rings. The van der Waals surface area contributed by atoms with E-state index in [0.29, 0.717) is 18.6 Å². The van der Waals surface area contributed by atoms with Gasteiger partial charge in [-0.15, -0.1) is 0 Å². The van der Waals surface area contributed by atoms with Gasteiger partial charge in [-0.3, -0.25) is 4.68 Å². The smallest absolute Gasteiger partial charge is 0.0540 e. The van der Waals surface area contributed by atoms with Crippen LogP contribution in [0.2, 0.25) is 0 Å². The van der Waals surface area contributed by atoms with Crippen molar-refractivity contribution in [2.24, 2.45) is 12.8 Å². The fraction of sp³-hybridized carbons (Fsp3) is 0.700. The van der Waals surface area contributed by atoms with Gasteiger partial charge in [0.05, 0.1) is 6.20 Å². The number of nitrogens with zero attached hydrogens (tertiary/aromatic N) is 2. The van der Waals surface area contributed by atoms with E-state index < -0.39 is 0 Å². The van der Waals surface area contributed by atoms with E-state index >= 15 is 0 Å². The summed E-state index contributed by atoms with van der Waals surface area (Å²) in [6.45, 7) is 6.95. The van der Waals surface area contributed by atoms with Crippen LogP contribution in [0.5, 0.6) is 0 Å². The van der Waals surface area contributed by atoms with E-state index in [4.69, 9.17) is 5.73 Å². The van der Waals surface area contributed by atoms with Gasteiger partial charge in [0, 0.05) is 36.9 Å². The average Bonchev–Trinajstić information content (AvgIpc) is 2.47. The molecule has 2 atom stereocenters. The zero-order valence-corrected chi connectivity index (χ0v) is 9.41. The molecule has 4 heteroatoms. The van der Waals surface area contributed by atoms with E-state index in [9.17, 15) is 0 Å². The molecule has 1 rings (SSSR count). The van der Waals surface area contributed by atoms with Crippen molar-refractivity contribution in [1.29, 1.82) is 0 Å². The normalized spacial score (nSPS) is 15.5. The quantitative estimate of drug-likeness (QED) is 0.746. The van der Waals surface area contributed by atoms with Gasteiger partial charge in [-0.05, 0) is 20.8 Å². The highest BCUT2D eigenvalue weighted by molar-refractivity contribution is 5.19. The van der Waals surface area contributed by atoms with Gasteiger partial charge >= 0.3 is 0 Å². The number of nitrogens with two attached hydrogens (primary N) is 1. The third-order valence-electron chi connectivity index (χ3n) is 2.63. The first-order chi connectivity index (χ1) is 6.56. The van der Waals surface area contributed by atoms with Gasteiger partial charge in [0.25, 0.3) is 0 Å². The average molecular weight is 196 g/mol. The van der Waals surface area contributed by atoms with E-state index in [1.54, 1.807) is 0 Å². The summed E-state index contributed by atoms with van der Waals surface area (Å²) in [4.78, 5) is 0. The van der Waals surface area contributed by atoms with Crippen molar-refractivity contribution in [1.82, 2.24) is 15.1 Å². The molecule has 1 aromatic heterocycles. The molecule has 0 aliphatic carbocycles. The summed E-state index contributed by atoms with van der Waals surface area (Å²) in [7, 11) is 1.96. The molecule has 0 amide bonds. The zero-order valence-electron chi connectivity index (χ0n) is 9.41. The highest BCUT2D eigenvalue weighted by Crippen LogP contribution is 2.16. The summed E-state index contributed by atoms with van der Waals surface area (Å²) in [5.41, 5.74) is 8.00. The van der Waals surface area contributed by atoms with Gasteiger partial charge in [0.1, 0.15) is 0 Å². The first-order valence-corrected chi connectivity index (χ1v) is 5.00. The first kappa shape index (κ1) is 11.2. The summed E-state index contributed by atoms with van der Waals surface area (Å²) in [5, 5.41) is 7.64. The highest BCUT2D eigenvalue weighted by Gasteiger charge is 2.13. The molecule has 0 aliphatic heterocycles. The van der Waals surface area contributed by atoms with Crippen LogP contribution < -0.4 is 11.1 Å². The first-order valence-electron chi connectivity index (χ1n) is 5.00. The maximum Gasteiger partial charge on any atom is 0.0540 e. The van der Waals surface area contributed by atoms with E-state index in [2.05, 4.69) is 31.2 Å². The summed E-state index contributed by atoms with van der Waals surface area (Å²) < 4.78 is 1.89. The van der Waals surface area contributed by atoms with Gasteiger partial charge in [-0.2, -0.15) is 5.10 Å². The van der Waals surface area contributed by atoms with Crippen LogP contribution >= 0.6 is 0 Å². The molecule has 1 heterocycles. The number of nitrogens with one attached hydrogen (secondary N) is 1. The number of hydrogen-bond acceptors (Lipinski definition) is 3. The lowest BCUT2D eigenvalue weighted by Gasteiger charge is -2.18. The van der Waals surface area contributed by atoms with Gasteiger partial charge in [0.15, 0.2) is 0 Å². The summed E-state index contributed by atoms with van der Waals surface area (Å²) in [5.74, 6) is 0. The van der Waals surface area contributed by atoms with Crippen LogP contribution in [0.3, 0.4) is 0 Å². The van der Waals surface area contributed by atoms with Crippen LogP contribution in [0.4, 0.5) is 0 Å². The maximum absolute atomic E-state index is 5.56. The Morgan fingerprint density at radius 1 is 1.57 bits per heavy atom. The van der Waals surface area contributed by atoms with E-state index in [0.717, 1.165) is 0 Å². The van der Waals surface area contributed by atoms with E-state index in [1.807, 2.05) is 17.9 Å². The molecule has 14 heavy (non-hydrogen) atoms. The van der Waals surface area contributed by atoms with Gasteiger partial charge in [-0.25, -0.2) is 0 Å². The Kier molecular flexibility index (Phi) is 3.66. The third-order valence-corrected chi connectivity index (χ3v) is 2.63. The number of aromatic nitrogens is 2. The van der Waals surface area contributed by atoms with Crippen LogP contribution in [0.15, 0.2) is 6.20 Å². The molecular weight excluding hydrogens is 176 g/mol. The number of aryl methyl sites for hydroxylation is 1. The van der Waals surface area contributed by atoms with Crippen molar-refractivity contribution in [2.45, 2.75) is 32.9 Å². The molecule has 3 N–H and O–H groups in total. The molecule has 2 unspecified atom stereocenters. The molecular formula is C10H20N4. The van der Waals surface area contributed by atoms with Crippen molar-refractivity contribution < 1.29 is 0 Å². The lowest BCUT2D eigenvalue weighted by Crippen LogP contribution is -2.35. The van der Waals surface area contributed by atoms with Gasteiger partial charge < -0.3 is 11.1 Å². The molecule has 0 radical (unpaired) electrons. The maximum atomic E-state index is 5.56. The fourth-order valence-electron chi connectivity index (χ4n) is 1.53. The predicted molar refractivity (Wildman–Crippen MR) is 58.0 cm³/mol. The molecule has 0 bridgehead atoms. The molecule has 1 aromatic rings. The standard InChI is InChI=1S/C10H20N4/c1-7(5-11)13-8(2)10-6-12-14(4)9(10)3/h6-8,13H,5,11H2,1-4H3. The van der Waals surface area contributed by atoms with Crippen molar-refractivity contribution >= 4 is 0 Å². The second-order valence-electron chi connectivity index (χ2n) is 3.83. The summed E-state index contributed by atoms with van der Waals surface area (Å²) in [6, 6.07) is 0.645. The minimum Gasteiger partial charge on any atom is -0.329 e. The Hall–Kier alpha value is -0.870. The number of hydrogen-bond donors (Lipinski definition) is 2. The van der Waals surface area contributed by atoms with Crippen LogP contribution in [0, 0.1) is 6.92 Å². The third kappa shape index (κ3) is 2.33. The Bertz CT molecular complexity index is 292. The largest absolute Gasteiger partial charge is 0.329 e. The second-order valence-corrected chi connectivity index (χ2v) is 3.83. The molecule has 4 nitrogen and oxygen atoms in total. The highest BCUT2D eigenvalue weighted by atomic mass is 15.3. The summed E-state index contributed by atoms with van der Waals surface area (Å²) >= 11 is 0. The molecule has 0 fully saturated rings. The minimum absolute atomic E-state index is 0.308. The Morgan fingerprint density at radius 2 is 2.21 bits per heavy atom. The lowest BCUT2D eigenvalue weighted by atomic mass is 10.1. The molecule has 0 saturated carbocycles. The Balaban J connectivity index is 2.69. The molecule has 0 aromatic carbocycles. The molecule has 0 spiro atoms. The Morgan fingerprint density at radius 3 is 2.64 bits per heavy atom. The van der Waals surface area contributed by atoms with Crippen LogP contribution in [0.1, 0.15) is 31.1 Å². The molecule has 80 valence electrons. The zero-order chi connectivity index (χ0) is 10.7. The van der Waals surface area contributed by atoms with Crippen LogP contribution in [0.25, 0.3) is 0 Å². The SMILES string of the molecule is Cc1c(C(C)NC(C)CN)cnn1C. The predicted octanol–water partition coefficient (Wildman–Crippen LogP) is 0.726. The van der Waals surface area contributed by atoms with Crippen molar-refractivity contribution in [3.05, 3.63) is 17.5 Å². The van der Waals surface area contributed by atoms with Crippen LogP contribution in [-0.4, -0.2) is 22.4 Å². The van der Waals surface area contributed by atoms with Crippen molar-refractivity contribution in [3.63, 3.8) is 0 Å². The van der Waals surface area contributed by atoms with Crippen LogP contribution in [-0.2, 0) is 7.05 Å². The van der Waals surface area contributed by atoms with E-state index in [1.165, 1.54) is 11.3 Å². The van der Waals surface area contributed by atoms with Crippen molar-refractivity contribution in [3.8, 4) is 0 Å². The second kappa shape index (κ2) is 4.57. The van der Waals surface area contributed by atoms with E-state index in [-0.39, 0.29) is 0 Å². The van der Waals surface area contributed by atoms with Crippen molar-refractivity contribution in [2.75, 3.05) is 6.54 Å². The minimum atomic E-state index is 0.308. The molecule has 0 saturated heterocycles.